The van der Waals surface area contributed by atoms with Gasteiger partial charge in [0.2, 0.25) is 0 Å². The van der Waals surface area contributed by atoms with Gasteiger partial charge in [-0.05, 0) is 26.0 Å². The van der Waals surface area contributed by atoms with E-state index in [1.54, 1.807) is 12.4 Å². The summed E-state index contributed by atoms with van der Waals surface area (Å²) in [5.74, 6) is 0.649. The van der Waals surface area contributed by atoms with Crippen molar-refractivity contribution < 1.29 is 0 Å². The molecule has 0 fully saturated rings. The number of nitrogens with one attached hydrogen (secondary N) is 1. The normalized spacial score (nSPS) is 12.1. The van der Waals surface area contributed by atoms with Crippen LogP contribution in [0.15, 0.2) is 24.5 Å². The molecule has 19 heavy (non-hydrogen) atoms. The first-order chi connectivity index (χ1) is 9.06. The van der Waals surface area contributed by atoms with E-state index in [0.29, 0.717) is 11.5 Å². The maximum Gasteiger partial charge on any atom is 0.155 e. The van der Waals surface area contributed by atoms with Crippen molar-refractivity contribution in [3.63, 3.8) is 0 Å². The third kappa shape index (κ3) is 3.71. The molecular weight excluding hydrogens is 276 g/mol. The van der Waals surface area contributed by atoms with Crippen LogP contribution in [0, 0.1) is 6.92 Å². The van der Waals surface area contributed by atoms with E-state index in [0.717, 1.165) is 6.42 Å². The Kier molecular flexibility index (Phi) is 4.44. The number of rotatable bonds is 5. The van der Waals surface area contributed by atoms with Crippen LogP contribution in [0.5, 0.6) is 0 Å². The number of thiocarbonyl (C=S) groups is 1. The van der Waals surface area contributed by atoms with Gasteiger partial charge < -0.3 is 11.1 Å². The molecule has 0 amide bonds. The van der Waals surface area contributed by atoms with Crippen molar-refractivity contribution in [2.24, 2.45) is 5.73 Å². The third-order valence-corrected chi connectivity index (χ3v) is 3.83. The highest BCUT2D eigenvalue weighted by Crippen LogP contribution is 2.18. The van der Waals surface area contributed by atoms with Gasteiger partial charge in [0.15, 0.2) is 5.82 Å². The minimum absolute atomic E-state index is 0.239. The SMILES string of the molecule is Cc1ccc(CC(C)Nc2nccnc2C(N)=S)s1. The molecule has 0 aromatic carbocycles. The second kappa shape index (κ2) is 6.08. The van der Waals surface area contributed by atoms with Crippen molar-refractivity contribution in [1.29, 1.82) is 0 Å². The van der Waals surface area contributed by atoms with Gasteiger partial charge in [-0.1, -0.05) is 12.2 Å². The lowest BCUT2D eigenvalue weighted by molar-refractivity contribution is 0.792. The number of hydrogen-bond acceptors (Lipinski definition) is 5. The Morgan fingerprint density at radius 2 is 2.16 bits per heavy atom. The van der Waals surface area contributed by atoms with Gasteiger partial charge in [0.25, 0.3) is 0 Å². The lowest BCUT2D eigenvalue weighted by Gasteiger charge is -2.15. The topological polar surface area (TPSA) is 63.8 Å². The summed E-state index contributed by atoms with van der Waals surface area (Å²) in [7, 11) is 0. The summed E-state index contributed by atoms with van der Waals surface area (Å²) in [5.41, 5.74) is 6.19. The van der Waals surface area contributed by atoms with Gasteiger partial charge >= 0.3 is 0 Å². The Labute approximate surface area is 122 Å². The molecule has 6 heteroatoms. The average molecular weight is 292 g/mol. The quantitative estimate of drug-likeness (QED) is 0.829. The van der Waals surface area contributed by atoms with E-state index in [4.69, 9.17) is 18.0 Å². The Morgan fingerprint density at radius 3 is 2.79 bits per heavy atom. The predicted octanol–water partition coefficient (Wildman–Crippen LogP) is 2.52. The summed E-state index contributed by atoms with van der Waals surface area (Å²) in [6.07, 6.45) is 4.16. The highest BCUT2D eigenvalue weighted by atomic mass is 32.1. The van der Waals surface area contributed by atoms with Crippen LogP contribution in [-0.4, -0.2) is 21.0 Å². The van der Waals surface area contributed by atoms with Crippen LogP contribution < -0.4 is 11.1 Å². The van der Waals surface area contributed by atoms with Gasteiger partial charge in [-0.3, -0.25) is 0 Å². The van der Waals surface area contributed by atoms with Crippen molar-refractivity contribution in [2.45, 2.75) is 26.3 Å². The number of anilines is 1. The van der Waals surface area contributed by atoms with E-state index in [1.807, 2.05) is 11.3 Å². The average Bonchev–Trinajstić information content (AvgIpc) is 2.75. The molecule has 0 aliphatic carbocycles. The molecule has 100 valence electrons. The minimum Gasteiger partial charge on any atom is -0.388 e. The molecule has 4 nitrogen and oxygen atoms in total. The molecule has 0 saturated heterocycles. The molecule has 0 radical (unpaired) electrons. The molecule has 2 heterocycles. The first-order valence-corrected chi connectivity index (χ1v) is 7.21. The lowest BCUT2D eigenvalue weighted by Crippen LogP contribution is -2.22. The van der Waals surface area contributed by atoms with Crippen LogP contribution in [0.4, 0.5) is 5.82 Å². The molecule has 0 spiro atoms. The molecule has 1 atom stereocenters. The second-order valence-electron chi connectivity index (χ2n) is 4.38. The van der Waals surface area contributed by atoms with Gasteiger partial charge in [-0.25, -0.2) is 9.97 Å². The van der Waals surface area contributed by atoms with E-state index >= 15 is 0 Å². The molecule has 2 aromatic heterocycles. The van der Waals surface area contributed by atoms with Crippen LogP contribution in [0.1, 0.15) is 22.4 Å². The molecule has 0 saturated carbocycles. The molecule has 0 aliphatic rings. The second-order valence-corrected chi connectivity index (χ2v) is 6.19. The summed E-state index contributed by atoms with van der Waals surface area (Å²) in [6, 6.07) is 4.53. The molecule has 0 bridgehead atoms. The number of nitrogens with two attached hydrogens (primary N) is 1. The van der Waals surface area contributed by atoms with E-state index in [2.05, 4.69) is 41.3 Å². The fourth-order valence-corrected chi connectivity index (χ4v) is 2.97. The van der Waals surface area contributed by atoms with Crippen molar-refractivity contribution in [3.05, 3.63) is 40.0 Å². The number of hydrogen-bond donors (Lipinski definition) is 2. The molecule has 2 aromatic rings. The van der Waals surface area contributed by atoms with Gasteiger partial charge in [0, 0.05) is 34.6 Å². The van der Waals surface area contributed by atoms with E-state index in [1.165, 1.54) is 9.75 Å². The Hall–Kier alpha value is -1.53. The lowest BCUT2D eigenvalue weighted by atomic mass is 10.2. The minimum atomic E-state index is 0.239. The van der Waals surface area contributed by atoms with Crippen molar-refractivity contribution >= 4 is 34.4 Å². The predicted molar refractivity (Wildman–Crippen MR) is 83.8 cm³/mol. The van der Waals surface area contributed by atoms with Gasteiger partial charge in [0.05, 0.1) is 0 Å². The summed E-state index contributed by atoms with van der Waals surface area (Å²) in [4.78, 5) is 11.3. The van der Waals surface area contributed by atoms with Gasteiger partial charge in [0.1, 0.15) is 10.7 Å². The Morgan fingerprint density at radius 1 is 1.42 bits per heavy atom. The summed E-state index contributed by atoms with van der Waals surface area (Å²) >= 11 is 6.78. The molecular formula is C13H16N4S2. The van der Waals surface area contributed by atoms with E-state index in [9.17, 15) is 0 Å². The zero-order valence-electron chi connectivity index (χ0n) is 10.9. The highest BCUT2D eigenvalue weighted by Gasteiger charge is 2.11. The van der Waals surface area contributed by atoms with Crippen molar-refractivity contribution in [3.8, 4) is 0 Å². The number of aromatic nitrogens is 2. The largest absolute Gasteiger partial charge is 0.388 e. The fourth-order valence-electron chi connectivity index (χ4n) is 1.80. The standard InChI is InChI=1S/C13H16N4S2/c1-8(7-10-4-3-9(2)19-10)17-13-11(12(14)18)15-5-6-16-13/h3-6,8H,7H2,1-2H3,(H2,14,18)(H,16,17). The maximum atomic E-state index is 5.64. The van der Waals surface area contributed by atoms with Crippen LogP contribution in [-0.2, 0) is 6.42 Å². The monoisotopic (exact) mass is 292 g/mol. The van der Waals surface area contributed by atoms with Gasteiger partial charge in [-0.2, -0.15) is 0 Å². The smallest absolute Gasteiger partial charge is 0.155 e. The summed E-state index contributed by atoms with van der Waals surface area (Å²) in [6.45, 7) is 4.22. The first-order valence-electron chi connectivity index (χ1n) is 5.99. The highest BCUT2D eigenvalue weighted by molar-refractivity contribution is 7.80. The first kappa shape index (κ1) is 13.9. The summed E-state index contributed by atoms with van der Waals surface area (Å²) in [5, 5.41) is 3.32. The third-order valence-electron chi connectivity index (χ3n) is 2.62. The number of nitrogens with zero attached hydrogens (tertiary/aromatic N) is 2. The Balaban J connectivity index is 2.06. The summed E-state index contributed by atoms with van der Waals surface area (Å²) < 4.78 is 0. The molecule has 3 N–H and O–H groups in total. The maximum absolute atomic E-state index is 5.64. The van der Waals surface area contributed by atoms with E-state index < -0.39 is 0 Å². The zero-order valence-corrected chi connectivity index (χ0v) is 12.5. The van der Waals surface area contributed by atoms with Crippen molar-refractivity contribution in [1.82, 2.24) is 9.97 Å². The van der Waals surface area contributed by atoms with Gasteiger partial charge in [-0.15, -0.1) is 11.3 Å². The fraction of sp³-hybridized carbons (Fsp3) is 0.308. The van der Waals surface area contributed by atoms with E-state index in [-0.39, 0.29) is 11.0 Å². The van der Waals surface area contributed by atoms with Crippen LogP contribution in [0.2, 0.25) is 0 Å². The van der Waals surface area contributed by atoms with Crippen LogP contribution >= 0.6 is 23.6 Å². The number of aryl methyl sites for hydroxylation is 1. The Bertz CT molecular complexity index is 580. The van der Waals surface area contributed by atoms with Crippen molar-refractivity contribution in [2.75, 3.05) is 5.32 Å². The molecule has 2 rings (SSSR count). The number of thiophene rings is 1. The molecule has 1 unspecified atom stereocenters. The zero-order chi connectivity index (χ0) is 13.8. The van der Waals surface area contributed by atoms with Crippen LogP contribution in [0.3, 0.4) is 0 Å². The van der Waals surface area contributed by atoms with Crippen LogP contribution in [0.25, 0.3) is 0 Å². The molecule has 0 aliphatic heterocycles.